The summed E-state index contributed by atoms with van der Waals surface area (Å²) < 4.78 is 20.0. The lowest BCUT2D eigenvalue weighted by molar-refractivity contribution is -0.384. The van der Waals surface area contributed by atoms with Crippen LogP contribution in [0.2, 0.25) is 0 Å². The summed E-state index contributed by atoms with van der Waals surface area (Å²) in [6.45, 7) is 3.60. The Balaban J connectivity index is 1.68. The number of benzene rings is 2. The molecular formula is C29H26N4O7S. The maximum absolute atomic E-state index is 14.0. The second-order valence-electron chi connectivity index (χ2n) is 8.99. The van der Waals surface area contributed by atoms with E-state index in [1.54, 1.807) is 56.5 Å². The smallest absolute Gasteiger partial charge is 0.338 e. The van der Waals surface area contributed by atoms with Gasteiger partial charge in [0.2, 0.25) is 0 Å². The van der Waals surface area contributed by atoms with Crippen molar-refractivity contribution in [3.63, 3.8) is 0 Å². The third kappa shape index (κ3) is 5.05. The van der Waals surface area contributed by atoms with Crippen molar-refractivity contribution in [3.05, 3.63) is 113 Å². The van der Waals surface area contributed by atoms with Gasteiger partial charge >= 0.3 is 5.97 Å². The van der Waals surface area contributed by atoms with E-state index in [2.05, 4.69) is 4.99 Å². The van der Waals surface area contributed by atoms with Gasteiger partial charge < -0.3 is 18.8 Å². The van der Waals surface area contributed by atoms with Crippen molar-refractivity contribution in [1.82, 2.24) is 9.13 Å². The zero-order chi connectivity index (χ0) is 29.3. The van der Waals surface area contributed by atoms with Gasteiger partial charge in [-0.05, 0) is 61.9 Å². The van der Waals surface area contributed by atoms with Crippen LogP contribution in [0.1, 0.15) is 31.1 Å². The fourth-order valence-corrected chi connectivity index (χ4v) is 5.78. The summed E-state index contributed by atoms with van der Waals surface area (Å²) in [6.07, 6.45) is 3.54. The fraction of sp³-hybridized carbons (Fsp3) is 0.207. The first kappa shape index (κ1) is 27.6. The summed E-state index contributed by atoms with van der Waals surface area (Å²) in [5.41, 5.74) is 2.37. The van der Waals surface area contributed by atoms with E-state index in [0.717, 1.165) is 0 Å². The molecule has 0 N–H and O–H groups in total. The topological polar surface area (TPSA) is 127 Å². The van der Waals surface area contributed by atoms with Crippen LogP contribution in [0, 0.1) is 10.1 Å². The molecule has 0 saturated heterocycles. The van der Waals surface area contributed by atoms with E-state index in [0.29, 0.717) is 43.5 Å². The molecule has 1 aliphatic rings. The van der Waals surface area contributed by atoms with Gasteiger partial charge in [-0.15, -0.1) is 0 Å². The average Bonchev–Trinajstić information content (AvgIpc) is 3.55. The zero-order valence-electron chi connectivity index (χ0n) is 22.7. The molecule has 0 bridgehead atoms. The number of allylic oxidation sites excluding steroid dienone is 1. The Morgan fingerprint density at radius 1 is 1.12 bits per heavy atom. The number of carbonyl (C=O) groups is 1. The number of nitro groups is 1. The molecule has 0 fully saturated rings. The molecular weight excluding hydrogens is 548 g/mol. The minimum Gasteiger partial charge on any atom is -0.493 e. The van der Waals surface area contributed by atoms with Gasteiger partial charge in [-0.2, -0.15) is 0 Å². The number of hydrogen-bond acceptors (Lipinski definition) is 9. The lowest BCUT2D eigenvalue weighted by Gasteiger charge is -2.25. The summed E-state index contributed by atoms with van der Waals surface area (Å²) in [6, 6.07) is 14.2. The SMILES string of the molecule is CCOC(=O)C1=C(C)N=c2s/c(=C\c3cccn3-c3ccc([N+](=O)[O-])cc3)c(=O)n2C1c1ccc(OC)c(OC)c1. The summed E-state index contributed by atoms with van der Waals surface area (Å²) in [4.78, 5) is 42.8. The van der Waals surface area contributed by atoms with Crippen LogP contribution in [0.4, 0.5) is 5.69 Å². The third-order valence-electron chi connectivity index (χ3n) is 6.64. The summed E-state index contributed by atoms with van der Waals surface area (Å²) >= 11 is 1.20. The molecule has 0 amide bonds. The standard InChI is InChI=1S/C29H26N4O7S/c1-5-40-28(35)25-17(2)30-29-32(26(25)18-8-13-22(38-3)23(15-18)39-4)27(34)24(41-29)16-21-7-6-14-31(21)19-9-11-20(12-10-19)33(36)37/h6-16,26H,5H2,1-4H3/b24-16-. The molecule has 0 radical (unpaired) electrons. The van der Waals surface area contributed by atoms with Gasteiger partial charge in [0.1, 0.15) is 0 Å². The Hall–Kier alpha value is -4.97. The van der Waals surface area contributed by atoms with E-state index in [9.17, 15) is 19.7 Å². The van der Waals surface area contributed by atoms with Crippen LogP contribution in [-0.2, 0) is 9.53 Å². The number of methoxy groups -OCH3 is 2. The molecule has 3 heterocycles. The minimum atomic E-state index is -0.811. The van der Waals surface area contributed by atoms with E-state index < -0.39 is 16.9 Å². The first-order valence-electron chi connectivity index (χ1n) is 12.6. The largest absolute Gasteiger partial charge is 0.493 e. The quantitative estimate of drug-likeness (QED) is 0.179. The Bertz CT molecular complexity index is 1870. The lowest BCUT2D eigenvalue weighted by atomic mass is 9.95. The number of thiazole rings is 1. The number of fused-ring (bicyclic) bond motifs is 1. The van der Waals surface area contributed by atoms with E-state index in [1.165, 1.54) is 42.3 Å². The summed E-state index contributed by atoms with van der Waals surface area (Å²) in [7, 11) is 3.04. The number of nitro benzene ring substituents is 1. The van der Waals surface area contributed by atoms with Crippen molar-refractivity contribution < 1.29 is 23.9 Å². The van der Waals surface area contributed by atoms with E-state index in [1.807, 2.05) is 16.7 Å². The van der Waals surface area contributed by atoms with Gasteiger partial charge in [0.05, 0.1) is 47.6 Å². The molecule has 5 rings (SSSR count). The van der Waals surface area contributed by atoms with Crippen molar-refractivity contribution in [3.8, 4) is 17.2 Å². The normalized spacial score (nSPS) is 14.8. The molecule has 0 aliphatic carbocycles. The van der Waals surface area contributed by atoms with Crippen LogP contribution in [0.25, 0.3) is 11.8 Å². The lowest BCUT2D eigenvalue weighted by Crippen LogP contribution is -2.40. The summed E-state index contributed by atoms with van der Waals surface area (Å²) in [5, 5.41) is 11.1. The molecule has 1 atom stereocenters. The van der Waals surface area contributed by atoms with Crippen LogP contribution >= 0.6 is 11.3 Å². The van der Waals surface area contributed by atoms with Crippen LogP contribution in [0.15, 0.2) is 81.9 Å². The molecule has 210 valence electrons. The Labute approximate surface area is 238 Å². The van der Waals surface area contributed by atoms with Gasteiger partial charge in [0, 0.05) is 29.7 Å². The Kier molecular flexibility index (Phi) is 7.58. The second-order valence-corrected chi connectivity index (χ2v) is 10.0. The molecule has 1 aliphatic heterocycles. The van der Waals surface area contributed by atoms with E-state index in [4.69, 9.17) is 14.2 Å². The Morgan fingerprint density at radius 2 is 1.85 bits per heavy atom. The van der Waals surface area contributed by atoms with Crippen molar-refractivity contribution in [2.75, 3.05) is 20.8 Å². The maximum Gasteiger partial charge on any atom is 0.338 e. The van der Waals surface area contributed by atoms with Gasteiger partial charge in [-0.1, -0.05) is 17.4 Å². The molecule has 4 aromatic rings. The monoisotopic (exact) mass is 574 g/mol. The number of non-ortho nitro benzene ring substituents is 1. The van der Waals surface area contributed by atoms with Crippen LogP contribution < -0.4 is 24.4 Å². The molecule has 2 aromatic heterocycles. The van der Waals surface area contributed by atoms with Crippen molar-refractivity contribution in [2.45, 2.75) is 19.9 Å². The molecule has 0 saturated carbocycles. The molecule has 12 heteroatoms. The van der Waals surface area contributed by atoms with Crippen molar-refractivity contribution in [1.29, 1.82) is 0 Å². The highest BCUT2D eigenvalue weighted by molar-refractivity contribution is 7.07. The van der Waals surface area contributed by atoms with Crippen LogP contribution in [0.3, 0.4) is 0 Å². The third-order valence-corrected chi connectivity index (χ3v) is 7.62. The number of rotatable bonds is 8. The predicted octanol–water partition coefficient (Wildman–Crippen LogP) is 3.51. The highest BCUT2D eigenvalue weighted by atomic mass is 32.1. The average molecular weight is 575 g/mol. The van der Waals surface area contributed by atoms with Crippen LogP contribution in [-0.4, -0.2) is 40.9 Å². The van der Waals surface area contributed by atoms with Crippen LogP contribution in [0.5, 0.6) is 11.5 Å². The van der Waals surface area contributed by atoms with Gasteiger partial charge in [0.25, 0.3) is 11.2 Å². The predicted molar refractivity (Wildman–Crippen MR) is 152 cm³/mol. The first-order valence-corrected chi connectivity index (χ1v) is 13.4. The minimum absolute atomic E-state index is 0.0151. The van der Waals surface area contributed by atoms with Gasteiger partial charge in [0.15, 0.2) is 16.3 Å². The molecule has 2 aromatic carbocycles. The van der Waals surface area contributed by atoms with E-state index in [-0.39, 0.29) is 23.4 Å². The number of carbonyl (C=O) groups excluding carboxylic acids is 1. The van der Waals surface area contributed by atoms with Gasteiger partial charge in [-0.3, -0.25) is 19.5 Å². The molecule has 1 unspecified atom stereocenters. The molecule has 41 heavy (non-hydrogen) atoms. The highest BCUT2D eigenvalue weighted by Crippen LogP contribution is 2.36. The number of aromatic nitrogens is 2. The molecule has 0 spiro atoms. The molecule has 11 nitrogen and oxygen atoms in total. The number of ether oxygens (including phenoxy) is 3. The number of nitrogens with zero attached hydrogens (tertiary/aromatic N) is 4. The first-order chi connectivity index (χ1) is 19.8. The zero-order valence-corrected chi connectivity index (χ0v) is 23.5. The number of esters is 1. The maximum atomic E-state index is 14.0. The summed E-state index contributed by atoms with van der Waals surface area (Å²) in [5.74, 6) is 0.398. The van der Waals surface area contributed by atoms with Crippen molar-refractivity contribution in [2.24, 2.45) is 4.99 Å². The van der Waals surface area contributed by atoms with E-state index >= 15 is 0 Å². The highest BCUT2D eigenvalue weighted by Gasteiger charge is 2.34. The van der Waals surface area contributed by atoms with Gasteiger partial charge in [-0.25, -0.2) is 9.79 Å². The number of hydrogen-bond donors (Lipinski definition) is 0. The second kappa shape index (κ2) is 11.3. The Morgan fingerprint density at radius 3 is 2.51 bits per heavy atom. The fourth-order valence-electron chi connectivity index (χ4n) is 4.75. The van der Waals surface area contributed by atoms with Crippen molar-refractivity contribution >= 4 is 29.1 Å².